The average molecular weight is 710 g/mol. The number of hydrogen-bond acceptors (Lipinski definition) is 6. The van der Waals surface area contributed by atoms with E-state index in [4.69, 9.17) is 9.72 Å². The van der Waals surface area contributed by atoms with Crippen molar-refractivity contribution in [2.75, 3.05) is 13.2 Å². The third kappa shape index (κ3) is 5.85. The molecule has 3 amide bonds. The molecule has 270 valence electrons. The van der Waals surface area contributed by atoms with Crippen LogP contribution in [0.25, 0.3) is 11.0 Å². The summed E-state index contributed by atoms with van der Waals surface area (Å²) < 4.78 is 7.83. The van der Waals surface area contributed by atoms with Crippen LogP contribution in [0, 0.1) is 17.3 Å². The summed E-state index contributed by atoms with van der Waals surface area (Å²) in [7, 11) is 1.24. The minimum atomic E-state index is -0.932. The van der Waals surface area contributed by atoms with Gasteiger partial charge in [-0.2, -0.15) is 5.10 Å². The number of H-pyrrole nitrogens is 1. The Hall–Kier alpha value is -4.45. The van der Waals surface area contributed by atoms with Crippen LogP contribution in [0.3, 0.4) is 0 Å². The molecule has 12 heteroatoms. The van der Waals surface area contributed by atoms with E-state index >= 15 is 0 Å². The van der Waals surface area contributed by atoms with Crippen molar-refractivity contribution in [2.24, 2.45) is 24.3 Å². The fourth-order valence-electron chi connectivity index (χ4n) is 9.37. The van der Waals surface area contributed by atoms with E-state index in [-0.39, 0.29) is 29.1 Å². The molecule has 0 radical (unpaired) electrons. The Morgan fingerprint density at radius 3 is 2.61 bits per heavy atom. The van der Waals surface area contributed by atoms with E-state index in [1.54, 1.807) is 24.0 Å². The lowest BCUT2D eigenvalue weighted by Gasteiger charge is -2.48. The molecule has 3 fully saturated rings. The molecule has 4 atom stereocenters. The van der Waals surface area contributed by atoms with Gasteiger partial charge in [-0.15, -0.1) is 0 Å². The van der Waals surface area contributed by atoms with Gasteiger partial charge in [0, 0.05) is 51.6 Å². The first kappa shape index (κ1) is 35.0. The first-order valence-corrected chi connectivity index (χ1v) is 20.9. The topological polar surface area (TPSA) is 143 Å². The predicted molar refractivity (Wildman–Crippen MR) is 200 cm³/mol. The van der Waals surface area contributed by atoms with Crippen molar-refractivity contribution in [2.45, 2.75) is 88.9 Å². The van der Waals surface area contributed by atoms with Gasteiger partial charge >= 0.3 is 0 Å². The third-order valence-corrected chi connectivity index (χ3v) is 13.6. The quantitative estimate of drug-likeness (QED) is 0.160. The number of aryl methyl sites for hydroxylation is 1. The maximum atomic E-state index is 14.1. The molecule has 2 bridgehead atoms. The first-order valence-electron chi connectivity index (χ1n) is 18.5. The van der Waals surface area contributed by atoms with E-state index in [0.717, 1.165) is 59.6 Å². The molecule has 0 saturated heterocycles. The highest BCUT2D eigenvalue weighted by molar-refractivity contribution is 6.34. The molecule has 4 aromatic rings. The second-order valence-corrected chi connectivity index (χ2v) is 17.2. The number of likely N-dealkylation sites (N-methyl/N-ethyl adjacent to an activating group) is 1. The lowest BCUT2D eigenvalue weighted by Crippen LogP contribution is -2.60. The van der Waals surface area contributed by atoms with E-state index in [1.807, 2.05) is 57.2 Å². The van der Waals surface area contributed by atoms with Gasteiger partial charge in [-0.05, 0) is 82.2 Å². The molecule has 4 N–H and O–H groups in total. The number of ether oxygens (including phenoxy) is 1. The van der Waals surface area contributed by atoms with Gasteiger partial charge in [0.2, 0.25) is 11.8 Å². The maximum Gasteiger partial charge on any atom is 0.270 e. The van der Waals surface area contributed by atoms with Gasteiger partial charge in [0.15, 0.2) is 0 Å². The highest BCUT2D eigenvalue weighted by atomic mass is 28.2. The number of nitrogens with zero attached hydrogens (tertiary/aromatic N) is 3. The fourth-order valence-corrected chi connectivity index (χ4v) is 11.2. The molecule has 11 nitrogen and oxygen atoms in total. The Morgan fingerprint density at radius 2 is 1.92 bits per heavy atom. The number of benzene rings is 2. The van der Waals surface area contributed by atoms with Gasteiger partial charge in [-0.25, -0.2) is 4.98 Å². The number of fused-ring (bicyclic) bond motifs is 3. The van der Waals surface area contributed by atoms with Crippen LogP contribution in [-0.2, 0) is 27.5 Å². The largest absolute Gasteiger partial charge is 0.493 e. The number of hydrogen-bond donors (Lipinski definition) is 4. The SMILES string of the molecule is CCNC(=O)[C@H](NC(=O)C(C)(C)c1ccc2nc([C@@H](NC(=O)c3ccnn3C)[C@]3(C[SiH2]C)c4ccccc4OCC3C)[nH]c2c1)C12CCC(C1)C2. The Kier molecular flexibility index (Phi) is 9.10. The van der Waals surface area contributed by atoms with Crippen molar-refractivity contribution in [3.05, 3.63) is 77.4 Å². The van der Waals surface area contributed by atoms with Crippen LogP contribution in [0.4, 0.5) is 0 Å². The summed E-state index contributed by atoms with van der Waals surface area (Å²) in [6.45, 7) is 11.3. The van der Waals surface area contributed by atoms with Crippen LogP contribution >= 0.6 is 0 Å². The molecule has 51 heavy (non-hydrogen) atoms. The predicted octanol–water partition coefficient (Wildman–Crippen LogP) is 4.46. The standard InChI is InChI=1S/C39H51N7O4Si/c1-7-40-35(48)32(38-16-14-24(19-38)20-38)45-36(49)37(3,4)25-12-13-27-28(18-25)43-33(42-27)31(44-34(47)29-15-17-41-46(29)5)39(22-51-6)23(2)21-50-30-11-9-8-10-26(30)39/h8-13,15,17-18,23-24,31-32H,7,14,16,19-22,51H2,1-6H3,(H,40,48)(H,42,43)(H,44,47)(H,45,49)/t23?,24?,31-,32+,38?,39+/m1/s1. The van der Waals surface area contributed by atoms with Gasteiger partial charge in [0.05, 0.1) is 29.1 Å². The molecular weight excluding hydrogens is 659 g/mol. The van der Waals surface area contributed by atoms with Gasteiger partial charge in [-0.1, -0.05) is 43.8 Å². The van der Waals surface area contributed by atoms with Crippen LogP contribution in [0.1, 0.15) is 86.9 Å². The normalized spacial score (nSPS) is 25.1. The van der Waals surface area contributed by atoms with E-state index < -0.39 is 32.4 Å². The summed E-state index contributed by atoms with van der Waals surface area (Å²) in [5, 5.41) is 13.8. The molecular formula is C39H51N7O4Si. The smallest absolute Gasteiger partial charge is 0.270 e. The summed E-state index contributed by atoms with van der Waals surface area (Å²) in [5.41, 5.74) is 2.31. The van der Waals surface area contributed by atoms with E-state index in [9.17, 15) is 14.4 Å². The molecule has 3 aliphatic carbocycles. The third-order valence-electron chi connectivity index (χ3n) is 12.3. The zero-order valence-electron chi connectivity index (χ0n) is 30.6. The van der Waals surface area contributed by atoms with Crippen molar-refractivity contribution in [3.63, 3.8) is 0 Å². The van der Waals surface area contributed by atoms with E-state index in [1.165, 1.54) is 0 Å². The van der Waals surface area contributed by atoms with Crippen LogP contribution in [-0.4, -0.2) is 66.2 Å². The Morgan fingerprint density at radius 1 is 1.14 bits per heavy atom. The minimum absolute atomic E-state index is 0.0752. The van der Waals surface area contributed by atoms with E-state index in [2.05, 4.69) is 45.6 Å². The molecule has 0 spiro atoms. The molecule has 8 rings (SSSR count). The molecule has 4 aliphatic rings. The number of aromatic nitrogens is 4. The number of rotatable bonds is 12. The van der Waals surface area contributed by atoms with Crippen molar-refractivity contribution < 1.29 is 19.1 Å². The lowest BCUT2D eigenvalue weighted by molar-refractivity contribution is -0.136. The molecule has 2 aromatic carbocycles. The summed E-state index contributed by atoms with van der Waals surface area (Å²) >= 11 is 0. The molecule has 1 aliphatic heterocycles. The van der Waals surface area contributed by atoms with Crippen molar-refractivity contribution in [1.29, 1.82) is 0 Å². The molecule has 1 unspecified atom stereocenters. The van der Waals surface area contributed by atoms with Gasteiger partial charge < -0.3 is 25.7 Å². The van der Waals surface area contributed by atoms with Crippen molar-refractivity contribution in [1.82, 2.24) is 35.7 Å². The van der Waals surface area contributed by atoms with Crippen LogP contribution in [0.2, 0.25) is 12.6 Å². The number of imidazole rings is 1. The highest BCUT2D eigenvalue weighted by Crippen LogP contribution is 2.60. The monoisotopic (exact) mass is 709 g/mol. The molecule has 3 saturated carbocycles. The summed E-state index contributed by atoms with van der Waals surface area (Å²) in [6.07, 6.45) is 5.71. The van der Waals surface area contributed by atoms with Crippen LogP contribution in [0.15, 0.2) is 54.7 Å². The van der Waals surface area contributed by atoms with Crippen LogP contribution < -0.4 is 20.7 Å². The Bertz CT molecular complexity index is 1960. The van der Waals surface area contributed by atoms with Crippen LogP contribution in [0.5, 0.6) is 5.75 Å². The summed E-state index contributed by atoms with van der Waals surface area (Å²) in [4.78, 5) is 50.1. The van der Waals surface area contributed by atoms with Crippen molar-refractivity contribution in [3.8, 4) is 5.75 Å². The van der Waals surface area contributed by atoms with Gasteiger partial charge in [-0.3, -0.25) is 19.1 Å². The second kappa shape index (κ2) is 13.3. The summed E-state index contributed by atoms with van der Waals surface area (Å²) in [6, 6.07) is 15.6. The number of carbonyl (C=O) groups excluding carboxylic acids is 3. The highest BCUT2D eigenvalue weighted by Gasteiger charge is 2.57. The molecule has 2 aromatic heterocycles. The zero-order valence-corrected chi connectivity index (χ0v) is 32.1. The van der Waals surface area contributed by atoms with Gasteiger partial charge in [0.1, 0.15) is 23.3 Å². The van der Waals surface area contributed by atoms with Crippen molar-refractivity contribution >= 4 is 38.3 Å². The number of carbonyl (C=O) groups is 3. The Balaban J connectivity index is 1.26. The maximum absolute atomic E-state index is 14.1. The first-order chi connectivity index (χ1) is 24.4. The second-order valence-electron chi connectivity index (χ2n) is 15.7. The minimum Gasteiger partial charge on any atom is -0.493 e. The fraction of sp³-hybridized carbons (Fsp3) is 0.513. The lowest BCUT2D eigenvalue weighted by atomic mass is 9.64. The number of aromatic amines is 1. The average Bonchev–Trinajstić information content (AvgIpc) is 3.91. The van der Waals surface area contributed by atoms with E-state index in [0.29, 0.717) is 30.6 Å². The number of para-hydroxylation sites is 1. The molecule has 3 heterocycles. The number of nitrogens with one attached hydrogen (secondary N) is 4. The zero-order chi connectivity index (χ0) is 36.1. The Labute approximate surface area is 301 Å². The van der Waals surface area contributed by atoms with Gasteiger partial charge in [0.25, 0.3) is 5.91 Å². The number of amides is 3. The summed E-state index contributed by atoms with van der Waals surface area (Å²) in [5.74, 6) is 1.73.